The summed E-state index contributed by atoms with van der Waals surface area (Å²) in [5, 5.41) is 11.2. The van der Waals surface area contributed by atoms with Crippen molar-refractivity contribution in [1.29, 1.82) is 5.26 Å². The number of nitrogens with zero attached hydrogens (tertiary/aromatic N) is 1. The van der Waals surface area contributed by atoms with Crippen LogP contribution in [0.3, 0.4) is 0 Å². The first kappa shape index (κ1) is 10.5. The number of carbonyl (C=O) groups is 2. The minimum Gasteiger partial charge on any atom is -0.468 e. The Morgan fingerprint density at radius 3 is 2.57 bits per heavy atom. The summed E-state index contributed by atoms with van der Waals surface area (Å²) in [7, 11) is 1.25. The van der Waals surface area contributed by atoms with Crippen molar-refractivity contribution in [3.05, 3.63) is 0 Å². The van der Waals surface area contributed by atoms with E-state index in [0.717, 1.165) is 6.42 Å². The summed E-state index contributed by atoms with van der Waals surface area (Å²) in [5.74, 6) is -0.873. The van der Waals surface area contributed by atoms with Gasteiger partial charge in [0, 0.05) is 0 Å². The molecule has 0 radical (unpaired) electrons. The molecule has 0 aromatic heterocycles. The van der Waals surface area contributed by atoms with Gasteiger partial charge in [-0.2, -0.15) is 5.26 Å². The van der Waals surface area contributed by atoms with E-state index in [0.29, 0.717) is 12.8 Å². The highest BCUT2D eigenvalue weighted by Crippen LogP contribution is 2.40. The Balaban J connectivity index is 2.42. The molecule has 5 heteroatoms. The SMILES string of the molecule is COC(=O)CNC(=O)C1(C#N)CCC1. The second-order valence-electron chi connectivity index (χ2n) is 3.31. The normalized spacial score (nSPS) is 17.4. The summed E-state index contributed by atoms with van der Waals surface area (Å²) in [4.78, 5) is 22.2. The van der Waals surface area contributed by atoms with Crippen LogP contribution in [0.25, 0.3) is 0 Å². The molecule has 76 valence electrons. The van der Waals surface area contributed by atoms with Crippen molar-refractivity contribution >= 4 is 11.9 Å². The van der Waals surface area contributed by atoms with E-state index in [2.05, 4.69) is 10.1 Å². The third kappa shape index (κ3) is 1.84. The van der Waals surface area contributed by atoms with Gasteiger partial charge in [-0.25, -0.2) is 0 Å². The van der Waals surface area contributed by atoms with Crippen LogP contribution in [0.5, 0.6) is 0 Å². The molecule has 1 aliphatic carbocycles. The summed E-state index contributed by atoms with van der Waals surface area (Å²) >= 11 is 0. The van der Waals surface area contributed by atoms with Crippen molar-refractivity contribution in [3.8, 4) is 6.07 Å². The molecule has 0 aromatic carbocycles. The van der Waals surface area contributed by atoms with Crippen molar-refractivity contribution in [2.75, 3.05) is 13.7 Å². The fourth-order valence-electron chi connectivity index (χ4n) is 1.31. The van der Waals surface area contributed by atoms with Crippen LogP contribution in [0.15, 0.2) is 0 Å². The lowest BCUT2D eigenvalue weighted by molar-refractivity contribution is -0.142. The second-order valence-corrected chi connectivity index (χ2v) is 3.31. The fourth-order valence-corrected chi connectivity index (χ4v) is 1.31. The lowest BCUT2D eigenvalue weighted by Crippen LogP contribution is -2.46. The van der Waals surface area contributed by atoms with E-state index >= 15 is 0 Å². The van der Waals surface area contributed by atoms with Gasteiger partial charge in [-0.1, -0.05) is 0 Å². The van der Waals surface area contributed by atoms with Gasteiger partial charge in [0.15, 0.2) is 0 Å². The number of nitriles is 1. The molecule has 1 fully saturated rings. The van der Waals surface area contributed by atoms with Gasteiger partial charge in [0.1, 0.15) is 12.0 Å². The number of esters is 1. The van der Waals surface area contributed by atoms with Crippen molar-refractivity contribution in [1.82, 2.24) is 5.32 Å². The van der Waals surface area contributed by atoms with Gasteiger partial charge in [0.25, 0.3) is 0 Å². The number of ether oxygens (including phenoxy) is 1. The van der Waals surface area contributed by atoms with Gasteiger partial charge in [-0.15, -0.1) is 0 Å². The minimum absolute atomic E-state index is 0.168. The van der Waals surface area contributed by atoms with E-state index in [1.807, 2.05) is 6.07 Å². The highest BCUT2D eigenvalue weighted by molar-refractivity contribution is 5.89. The van der Waals surface area contributed by atoms with E-state index < -0.39 is 11.4 Å². The maximum absolute atomic E-state index is 11.5. The number of hydrogen-bond donors (Lipinski definition) is 1. The average molecular weight is 196 g/mol. The molecule has 0 unspecified atom stereocenters. The predicted octanol–water partition coefficient (Wildman–Crippen LogP) is -0.0305. The second kappa shape index (κ2) is 4.09. The first-order valence-electron chi connectivity index (χ1n) is 4.41. The summed E-state index contributed by atoms with van der Waals surface area (Å²) in [6, 6.07) is 1.99. The monoisotopic (exact) mass is 196 g/mol. The summed E-state index contributed by atoms with van der Waals surface area (Å²) in [6.45, 7) is -0.168. The van der Waals surface area contributed by atoms with E-state index in [4.69, 9.17) is 5.26 Å². The number of amides is 1. The van der Waals surface area contributed by atoms with Crippen LogP contribution >= 0.6 is 0 Å². The zero-order valence-electron chi connectivity index (χ0n) is 8.00. The van der Waals surface area contributed by atoms with Gasteiger partial charge in [0.2, 0.25) is 5.91 Å². The van der Waals surface area contributed by atoms with Crippen molar-refractivity contribution < 1.29 is 14.3 Å². The van der Waals surface area contributed by atoms with Crippen LogP contribution in [-0.4, -0.2) is 25.5 Å². The molecular weight excluding hydrogens is 184 g/mol. The quantitative estimate of drug-likeness (QED) is 0.643. The molecule has 1 rings (SSSR count). The lowest BCUT2D eigenvalue weighted by atomic mass is 9.69. The average Bonchev–Trinajstić information content (AvgIpc) is 2.13. The summed E-state index contributed by atoms with van der Waals surface area (Å²) in [6.07, 6.45) is 2.05. The molecule has 0 atom stereocenters. The van der Waals surface area contributed by atoms with Gasteiger partial charge in [-0.3, -0.25) is 9.59 Å². The molecule has 5 nitrogen and oxygen atoms in total. The van der Waals surface area contributed by atoms with Crippen LogP contribution in [-0.2, 0) is 14.3 Å². The first-order valence-corrected chi connectivity index (χ1v) is 4.41. The highest BCUT2D eigenvalue weighted by Gasteiger charge is 2.44. The molecule has 14 heavy (non-hydrogen) atoms. The first-order chi connectivity index (χ1) is 6.64. The van der Waals surface area contributed by atoms with Crippen molar-refractivity contribution in [2.45, 2.75) is 19.3 Å². The molecule has 0 heterocycles. The standard InChI is InChI=1S/C9H12N2O3/c1-14-7(12)5-11-8(13)9(6-10)3-2-4-9/h2-5H2,1H3,(H,11,13). The molecule has 0 aliphatic heterocycles. The van der Waals surface area contributed by atoms with Crippen LogP contribution in [0.4, 0.5) is 0 Å². The zero-order chi connectivity index (χ0) is 10.6. The van der Waals surface area contributed by atoms with Gasteiger partial charge in [0.05, 0.1) is 13.2 Å². The smallest absolute Gasteiger partial charge is 0.325 e. The maximum atomic E-state index is 11.5. The van der Waals surface area contributed by atoms with E-state index in [1.165, 1.54) is 7.11 Å². The molecule has 1 amide bonds. The maximum Gasteiger partial charge on any atom is 0.325 e. The largest absolute Gasteiger partial charge is 0.468 e. The Morgan fingerprint density at radius 2 is 2.21 bits per heavy atom. The third-order valence-electron chi connectivity index (χ3n) is 2.48. The van der Waals surface area contributed by atoms with Crippen molar-refractivity contribution in [2.24, 2.45) is 5.41 Å². The molecule has 0 aromatic rings. The lowest BCUT2D eigenvalue weighted by Gasteiger charge is -2.33. The number of rotatable bonds is 3. The Labute approximate surface area is 82.0 Å². The Hall–Kier alpha value is -1.57. The number of methoxy groups -OCH3 is 1. The topological polar surface area (TPSA) is 79.2 Å². The fraction of sp³-hybridized carbons (Fsp3) is 0.667. The molecule has 1 saturated carbocycles. The molecule has 0 bridgehead atoms. The summed E-state index contributed by atoms with van der Waals surface area (Å²) in [5.41, 5.74) is -0.895. The summed E-state index contributed by atoms with van der Waals surface area (Å²) < 4.78 is 4.36. The zero-order valence-corrected chi connectivity index (χ0v) is 8.00. The number of hydrogen-bond acceptors (Lipinski definition) is 4. The van der Waals surface area contributed by atoms with E-state index in [-0.39, 0.29) is 12.5 Å². The van der Waals surface area contributed by atoms with Gasteiger partial charge < -0.3 is 10.1 Å². The molecule has 1 N–H and O–H groups in total. The van der Waals surface area contributed by atoms with Gasteiger partial charge in [-0.05, 0) is 19.3 Å². The molecule has 0 spiro atoms. The minimum atomic E-state index is -0.895. The molecule has 0 saturated heterocycles. The van der Waals surface area contributed by atoms with E-state index in [1.54, 1.807) is 0 Å². The third-order valence-corrected chi connectivity index (χ3v) is 2.48. The predicted molar refractivity (Wildman–Crippen MR) is 46.9 cm³/mol. The van der Waals surface area contributed by atoms with E-state index in [9.17, 15) is 9.59 Å². The highest BCUT2D eigenvalue weighted by atomic mass is 16.5. The number of nitrogens with one attached hydrogen (secondary N) is 1. The van der Waals surface area contributed by atoms with Crippen LogP contribution in [0.1, 0.15) is 19.3 Å². The van der Waals surface area contributed by atoms with Crippen LogP contribution in [0, 0.1) is 16.7 Å². The number of carbonyl (C=O) groups excluding carboxylic acids is 2. The van der Waals surface area contributed by atoms with Gasteiger partial charge >= 0.3 is 5.97 Å². The van der Waals surface area contributed by atoms with Crippen LogP contribution in [0.2, 0.25) is 0 Å². The Bertz CT molecular complexity index is 289. The Kier molecular flexibility index (Phi) is 3.07. The van der Waals surface area contributed by atoms with Crippen molar-refractivity contribution in [3.63, 3.8) is 0 Å². The molecule has 1 aliphatic rings. The Morgan fingerprint density at radius 1 is 1.57 bits per heavy atom. The molecular formula is C9H12N2O3. The van der Waals surface area contributed by atoms with Crippen LogP contribution < -0.4 is 5.32 Å².